The lowest BCUT2D eigenvalue weighted by molar-refractivity contribution is -0.0592. The number of carboxylic acid groups (broad SMARTS) is 1. The van der Waals surface area contributed by atoms with Crippen molar-refractivity contribution in [3.63, 3.8) is 0 Å². The van der Waals surface area contributed by atoms with Crippen molar-refractivity contribution < 1.29 is 19.0 Å². The number of aromatic carboxylic acids is 1. The fourth-order valence-corrected chi connectivity index (χ4v) is 5.74. The van der Waals surface area contributed by atoms with Gasteiger partial charge in [-0.15, -0.1) is 0 Å². The van der Waals surface area contributed by atoms with Gasteiger partial charge in [0.1, 0.15) is 17.5 Å². The van der Waals surface area contributed by atoms with Crippen LogP contribution in [0, 0.1) is 17.1 Å². The van der Waals surface area contributed by atoms with E-state index in [9.17, 15) is 14.3 Å². The minimum atomic E-state index is -0.955. The molecule has 2 saturated heterocycles. The van der Waals surface area contributed by atoms with E-state index in [0.29, 0.717) is 24.3 Å². The summed E-state index contributed by atoms with van der Waals surface area (Å²) >= 11 is 0. The summed E-state index contributed by atoms with van der Waals surface area (Å²) in [5.41, 5.74) is 3.25. The van der Waals surface area contributed by atoms with E-state index in [1.165, 1.54) is 6.07 Å². The molecule has 0 saturated carbocycles. The molecule has 11 nitrogen and oxygen atoms in total. The zero-order valence-electron chi connectivity index (χ0n) is 23.4. The third kappa shape index (κ3) is 5.29. The molecule has 3 aromatic heterocycles. The van der Waals surface area contributed by atoms with Gasteiger partial charge in [-0.2, -0.15) is 10.4 Å². The van der Waals surface area contributed by atoms with Gasteiger partial charge in [-0.25, -0.2) is 23.8 Å². The summed E-state index contributed by atoms with van der Waals surface area (Å²) in [6.45, 7) is 5.41. The highest BCUT2D eigenvalue weighted by Gasteiger charge is 2.25. The summed E-state index contributed by atoms with van der Waals surface area (Å²) in [5, 5.41) is 23.9. The van der Waals surface area contributed by atoms with Crippen LogP contribution in [-0.2, 0) is 24.4 Å². The highest BCUT2D eigenvalue weighted by molar-refractivity contribution is 5.92. The number of carbonyl (C=O) groups is 1. The second kappa shape index (κ2) is 11.1. The first-order valence-electron chi connectivity index (χ1n) is 14.3. The highest BCUT2D eigenvalue weighted by Crippen LogP contribution is 2.25. The van der Waals surface area contributed by atoms with Crippen molar-refractivity contribution in [1.82, 2.24) is 29.2 Å². The van der Waals surface area contributed by atoms with E-state index in [0.717, 1.165) is 67.3 Å². The second-order valence-corrected chi connectivity index (χ2v) is 11.0. The molecule has 2 aliphatic rings. The summed E-state index contributed by atoms with van der Waals surface area (Å²) in [7, 11) is 0. The maximum atomic E-state index is 14.5. The summed E-state index contributed by atoms with van der Waals surface area (Å²) in [4.78, 5) is 26.0. The zero-order valence-corrected chi connectivity index (χ0v) is 23.4. The summed E-state index contributed by atoms with van der Waals surface area (Å²) < 4.78 is 24.0. The number of carboxylic acids is 1. The van der Waals surface area contributed by atoms with Crippen LogP contribution in [0.25, 0.3) is 22.1 Å². The van der Waals surface area contributed by atoms with Crippen LogP contribution in [-0.4, -0.2) is 79.2 Å². The van der Waals surface area contributed by atoms with Gasteiger partial charge in [0.15, 0.2) is 5.65 Å². The van der Waals surface area contributed by atoms with Crippen molar-refractivity contribution in [3.8, 4) is 6.07 Å². The normalized spacial score (nSPS) is 17.3. The van der Waals surface area contributed by atoms with Gasteiger partial charge in [0, 0.05) is 43.7 Å². The highest BCUT2D eigenvalue weighted by atomic mass is 19.1. The SMILES string of the molecule is N#Cc1ccc(Cn2ncc3ccc(N4CCN(Cc5nc6ccc(C(=O)O)cc6n5C[C@@H]5CCO5)CC4)nc32)c(F)c1. The van der Waals surface area contributed by atoms with Crippen LogP contribution in [0.5, 0.6) is 0 Å². The van der Waals surface area contributed by atoms with E-state index < -0.39 is 11.8 Å². The number of rotatable bonds is 8. The average Bonchev–Trinajstić information content (AvgIpc) is 3.55. The number of benzene rings is 2. The number of ether oxygens (including phenoxy) is 1. The first kappa shape index (κ1) is 27.0. The first-order chi connectivity index (χ1) is 20.9. The van der Waals surface area contributed by atoms with Crippen molar-refractivity contribution in [2.24, 2.45) is 0 Å². The van der Waals surface area contributed by atoms with Gasteiger partial charge in [-0.1, -0.05) is 6.07 Å². The number of aromatic nitrogens is 5. The number of imidazole rings is 1. The molecule has 2 aliphatic heterocycles. The molecule has 0 amide bonds. The molecule has 1 atom stereocenters. The van der Waals surface area contributed by atoms with Crippen molar-refractivity contribution in [2.45, 2.75) is 32.2 Å². The number of hydrogen-bond donors (Lipinski definition) is 1. The third-order valence-corrected chi connectivity index (χ3v) is 8.29. The monoisotopic (exact) mass is 580 g/mol. The molecular formula is C31H29FN8O3. The number of fused-ring (bicyclic) bond motifs is 2. The molecule has 5 aromatic rings. The Bertz CT molecular complexity index is 1880. The van der Waals surface area contributed by atoms with E-state index in [-0.39, 0.29) is 23.8 Å². The Morgan fingerprint density at radius 2 is 1.91 bits per heavy atom. The molecule has 5 heterocycles. The van der Waals surface area contributed by atoms with Gasteiger partial charge in [0.05, 0.1) is 60.2 Å². The molecule has 2 fully saturated rings. The number of pyridine rings is 1. The average molecular weight is 581 g/mol. The quantitative estimate of drug-likeness (QED) is 0.293. The largest absolute Gasteiger partial charge is 0.478 e. The van der Waals surface area contributed by atoms with E-state index in [4.69, 9.17) is 20.0 Å². The summed E-state index contributed by atoms with van der Waals surface area (Å²) in [6.07, 6.45) is 2.82. The Balaban J connectivity index is 1.06. The minimum absolute atomic E-state index is 0.115. The topological polar surface area (TPSA) is 125 Å². The standard InChI is InChI=1S/C31H29FN8O3/c32-25-13-20(15-33)1-2-23(25)17-40-30-22(16-34-40)4-6-28(36-30)38-10-8-37(9-11-38)19-29-35-26-5-3-21(31(41)42)14-27(26)39(29)18-24-7-12-43-24/h1-6,13-14,16,24H,7-12,17-19H2,(H,41,42)/t24-/m0/s1. The molecule has 218 valence electrons. The van der Waals surface area contributed by atoms with Crippen molar-refractivity contribution in [2.75, 3.05) is 37.7 Å². The van der Waals surface area contributed by atoms with Crippen LogP contribution in [0.4, 0.5) is 10.2 Å². The van der Waals surface area contributed by atoms with Gasteiger partial charge < -0.3 is 19.3 Å². The van der Waals surface area contributed by atoms with Crippen LogP contribution in [0.1, 0.15) is 33.7 Å². The first-order valence-corrected chi connectivity index (χ1v) is 14.3. The number of nitriles is 1. The zero-order chi connectivity index (χ0) is 29.5. The molecule has 43 heavy (non-hydrogen) atoms. The minimum Gasteiger partial charge on any atom is -0.478 e. The molecule has 0 radical (unpaired) electrons. The number of halogens is 1. The fourth-order valence-electron chi connectivity index (χ4n) is 5.74. The maximum absolute atomic E-state index is 14.5. The molecule has 12 heteroatoms. The Morgan fingerprint density at radius 1 is 1.07 bits per heavy atom. The predicted octanol–water partition coefficient (Wildman–Crippen LogP) is 3.65. The second-order valence-electron chi connectivity index (χ2n) is 11.0. The van der Waals surface area contributed by atoms with E-state index >= 15 is 0 Å². The molecule has 7 rings (SSSR count). The van der Waals surface area contributed by atoms with Crippen molar-refractivity contribution in [3.05, 3.63) is 83.1 Å². The maximum Gasteiger partial charge on any atom is 0.335 e. The van der Waals surface area contributed by atoms with Crippen LogP contribution in [0.2, 0.25) is 0 Å². The Kier molecular flexibility index (Phi) is 6.96. The van der Waals surface area contributed by atoms with Crippen LogP contribution < -0.4 is 4.90 Å². The molecule has 0 unspecified atom stereocenters. The van der Waals surface area contributed by atoms with E-state index in [1.54, 1.807) is 41.2 Å². The summed E-state index contributed by atoms with van der Waals surface area (Å²) in [6, 6.07) is 15.5. The summed E-state index contributed by atoms with van der Waals surface area (Å²) in [5.74, 6) is 0.347. The molecule has 0 bridgehead atoms. The van der Waals surface area contributed by atoms with E-state index in [2.05, 4.69) is 19.5 Å². The third-order valence-electron chi connectivity index (χ3n) is 8.29. The Morgan fingerprint density at radius 3 is 2.63 bits per heavy atom. The number of anilines is 1. The van der Waals surface area contributed by atoms with Gasteiger partial charge in [-0.3, -0.25) is 4.90 Å². The molecule has 2 aromatic carbocycles. The molecule has 0 aliphatic carbocycles. The lowest BCUT2D eigenvalue weighted by Gasteiger charge is -2.35. The number of piperazine rings is 1. The van der Waals surface area contributed by atoms with Crippen LogP contribution >= 0.6 is 0 Å². The fraction of sp³-hybridized carbons (Fsp3) is 0.323. The Labute approximate surface area is 246 Å². The molecular weight excluding hydrogens is 551 g/mol. The number of hydrogen-bond acceptors (Lipinski definition) is 8. The van der Waals surface area contributed by atoms with Crippen LogP contribution in [0.15, 0.2) is 54.7 Å². The smallest absolute Gasteiger partial charge is 0.335 e. The predicted molar refractivity (Wildman–Crippen MR) is 156 cm³/mol. The lowest BCUT2D eigenvalue weighted by Crippen LogP contribution is -2.46. The van der Waals surface area contributed by atoms with Crippen molar-refractivity contribution in [1.29, 1.82) is 5.26 Å². The molecule has 1 N–H and O–H groups in total. The van der Waals surface area contributed by atoms with Gasteiger partial charge in [0.25, 0.3) is 0 Å². The molecule has 0 spiro atoms. The van der Waals surface area contributed by atoms with Gasteiger partial charge in [0.2, 0.25) is 0 Å². The van der Waals surface area contributed by atoms with Crippen LogP contribution in [0.3, 0.4) is 0 Å². The Hall–Kier alpha value is -4.86. The van der Waals surface area contributed by atoms with Gasteiger partial charge >= 0.3 is 5.97 Å². The van der Waals surface area contributed by atoms with Crippen molar-refractivity contribution >= 4 is 33.9 Å². The number of nitrogens with zero attached hydrogens (tertiary/aromatic N) is 8. The lowest BCUT2D eigenvalue weighted by atomic mass is 10.1. The van der Waals surface area contributed by atoms with Gasteiger partial charge in [-0.05, 0) is 48.9 Å². The van der Waals surface area contributed by atoms with E-state index in [1.807, 2.05) is 18.2 Å².